The lowest BCUT2D eigenvalue weighted by Gasteiger charge is -2.19. The van der Waals surface area contributed by atoms with Crippen LogP contribution in [0.3, 0.4) is 0 Å². The Morgan fingerprint density at radius 1 is 1.48 bits per heavy atom. The van der Waals surface area contributed by atoms with Crippen LogP contribution in [0.5, 0.6) is 0 Å². The molecular weight excluding hydrogens is 310 g/mol. The molecule has 21 heavy (non-hydrogen) atoms. The molecule has 0 saturated carbocycles. The highest BCUT2D eigenvalue weighted by Crippen LogP contribution is 2.32. The monoisotopic (exact) mass is 325 g/mol. The summed E-state index contributed by atoms with van der Waals surface area (Å²) < 4.78 is 5.00. The van der Waals surface area contributed by atoms with Crippen molar-refractivity contribution < 1.29 is 9.53 Å². The Labute approximate surface area is 132 Å². The van der Waals surface area contributed by atoms with Gasteiger partial charge in [0.1, 0.15) is 10.7 Å². The van der Waals surface area contributed by atoms with Gasteiger partial charge in [0.15, 0.2) is 0 Å². The maximum atomic E-state index is 12.2. The first kappa shape index (κ1) is 15.8. The standard InChI is InChI=1S/C14H16ClN3O2S/c1-18(2)13-9(15)5-4-6-10(13)17-14(19)11-8-21-12(16-11)7-20-3/h4-6,8H,7H2,1-3H3,(H,17,19). The lowest BCUT2D eigenvalue weighted by atomic mass is 10.2. The van der Waals surface area contributed by atoms with Crippen LogP contribution in [0.4, 0.5) is 11.4 Å². The Balaban J connectivity index is 2.21. The predicted octanol–water partition coefficient (Wildman–Crippen LogP) is 3.26. The maximum Gasteiger partial charge on any atom is 0.275 e. The number of carbonyl (C=O) groups is 1. The summed E-state index contributed by atoms with van der Waals surface area (Å²) in [6.45, 7) is 0.401. The van der Waals surface area contributed by atoms with Crippen molar-refractivity contribution in [2.24, 2.45) is 0 Å². The number of amides is 1. The number of thiazole rings is 1. The van der Waals surface area contributed by atoms with Crippen LogP contribution in [-0.4, -0.2) is 32.1 Å². The number of nitrogens with one attached hydrogen (secondary N) is 1. The molecule has 112 valence electrons. The van der Waals surface area contributed by atoms with Crippen molar-refractivity contribution in [3.8, 4) is 0 Å². The molecule has 1 heterocycles. The Bertz CT molecular complexity index is 643. The summed E-state index contributed by atoms with van der Waals surface area (Å²) in [7, 11) is 5.34. The average Bonchev–Trinajstić information content (AvgIpc) is 2.87. The third-order valence-electron chi connectivity index (χ3n) is 2.73. The molecule has 0 aliphatic heterocycles. The van der Waals surface area contributed by atoms with E-state index in [0.717, 1.165) is 10.7 Å². The number of hydrogen-bond donors (Lipinski definition) is 1. The molecule has 5 nitrogen and oxygen atoms in total. The molecule has 1 amide bonds. The molecule has 7 heteroatoms. The number of hydrogen-bond acceptors (Lipinski definition) is 5. The molecule has 2 aromatic rings. The van der Waals surface area contributed by atoms with Crippen molar-refractivity contribution in [3.63, 3.8) is 0 Å². The van der Waals surface area contributed by atoms with Gasteiger partial charge >= 0.3 is 0 Å². The van der Waals surface area contributed by atoms with Gasteiger partial charge in [0.05, 0.1) is 23.0 Å². The van der Waals surface area contributed by atoms with Gasteiger partial charge in [0, 0.05) is 26.6 Å². The fourth-order valence-electron chi connectivity index (χ4n) is 1.86. The van der Waals surface area contributed by atoms with Crippen LogP contribution >= 0.6 is 22.9 Å². The zero-order valence-corrected chi connectivity index (χ0v) is 13.6. The zero-order chi connectivity index (χ0) is 15.4. The molecule has 0 aliphatic carbocycles. The number of para-hydroxylation sites is 1. The van der Waals surface area contributed by atoms with Crippen LogP contribution in [0.2, 0.25) is 5.02 Å². The Hall–Kier alpha value is -1.63. The molecule has 0 spiro atoms. The van der Waals surface area contributed by atoms with Gasteiger partial charge in [-0.05, 0) is 12.1 Å². The highest BCUT2D eigenvalue weighted by Gasteiger charge is 2.15. The zero-order valence-electron chi connectivity index (χ0n) is 12.0. The summed E-state index contributed by atoms with van der Waals surface area (Å²) in [6.07, 6.45) is 0. The normalized spacial score (nSPS) is 10.5. The number of ether oxygens (including phenoxy) is 1. The second-order valence-corrected chi connectivity index (χ2v) is 5.89. The van der Waals surface area contributed by atoms with E-state index in [4.69, 9.17) is 16.3 Å². The second-order valence-electron chi connectivity index (χ2n) is 4.54. The summed E-state index contributed by atoms with van der Waals surface area (Å²) in [5.74, 6) is -0.265. The first-order valence-corrected chi connectivity index (χ1v) is 7.49. The number of nitrogens with zero attached hydrogens (tertiary/aromatic N) is 2. The van der Waals surface area contributed by atoms with E-state index in [-0.39, 0.29) is 5.91 Å². The van der Waals surface area contributed by atoms with Gasteiger partial charge in [-0.2, -0.15) is 0 Å². The highest BCUT2D eigenvalue weighted by atomic mass is 35.5. The number of rotatable bonds is 5. The Kier molecular flexibility index (Phi) is 5.17. The van der Waals surface area contributed by atoms with E-state index in [1.54, 1.807) is 24.6 Å². The number of methoxy groups -OCH3 is 1. The largest absolute Gasteiger partial charge is 0.378 e. The molecule has 0 atom stereocenters. The highest BCUT2D eigenvalue weighted by molar-refractivity contribution is 7.09. The predicted molar refractivity (Wildman–Crippen MR) is 86.6 cm³/mol. The summed E-state index contributed by atoms with van der Waals surface area (Å²) in [5, 5.41) is 5.90. The number of benzene rings is 1. The first-order chi connectivity index (χ1) is 10.0. The van der Waals surface area contributed by atoms with Gasteiger partial charge in [-0.25, -0.2) is 4.98 Å². The van der Waals surface area contributed by atoms with Crippen molar-refractivity contribution in [1.82, 2.24) is 4.98 Å². The first-order valence-electron chi connectivity index (χ1n) is 6.23. The van der Waals surface area contributed by atoms with Crippen molar-refractivity contribution in [1.29, 1.82) is 0 Å². The van der Waals surface area contributed by atoms with E-state index in [9.17, 15) is 4.79 Å². The minimum atomic E-state index is -0.265. The van der Waals surface area contributed by atoms with Crippen LogP contribution in [0.15, 0.2) is 23.6 Å². The smallest absolute Gasteiger partial charge is 0.275 e. The SMILES string of the molecule is COCc1nc(C(=O)Nc2cccc(Cl)c2N(C)C)cs1. The van der Waals surface area contributed by atoms with Crippen LogP contribution in [0.25, 0.3) is 0 Å². The quantitative estimate of drug-likeness (QED) is 0.916. The lowest BCUT2D eigenvalue weighted by Crippen LogP contribution is -2.17. The molecule has 0 fully saturated rings. The maximum absolute atomic E-state index is 12.2. The lowest BCUT2D eigenvalue weighted by molar-refractivity contribution is 0.102. The van der Waals surface area contributed by atoms with Gasteiger partial charge in [0.2, 0.25) is 0 Å². The van der Waals surface area contributed by atoms with Crippen molar-refractivity contribution in [3.05, 3.63) is 39.3 Å². The van der Waals surface area contributed by atoms with Crippen molar-refractivity contribution in [2.45, 2.75) is 6.61 Å². The summed E-state index contributed by atoms with van der Waals surface area (Å²) >= 11 is 7.57. The minimum Gasteiger partial charge on any atom is -0.378 e. The number of aromatic nitrogens is 1. The van der Waals surface area contributed by atoms with Gasteiger partial charge < -0.3 is 15.0 Å². The van der Waals surface area contributed by atoms with Crippen LogP contribution in [0.1, 0.15) is 15.5 Å². The molecule has 0 radical (unpaired) electrons. The van der Waals surface area contributed by atoms with Gasteiger partial charge in [-0.3, -0.25) is 4.79 Å². The summed E-state index contributed by atoms with van der Waals surface area (Å²) in [5.41, 5.74) is 1.79. The number of halogens is 1. The number of carbonyl (C=O) groups excluding carboxylic acids is 1. The topological polar surface area (TPSA) is 54.5 Å². The van der Waals surface area contributed by atoms with Gasteiger partial charge in [-0.15, -0.1) is 11.3 Å². The van der Waals surface area contributed by atoms with Crippen LogP contribution in [0, 0.1) is 0 Å². The van der Waals surface area contributed by atoms with Gasteiger partial charge in [0.25, 0.3) is 5.91 Å². The third kappa shape index (κ3) is 3.72. The van der Waals surface area contributed by atoms with Crippen molar-refractivity contribution >= 4 is 40.2 Å². The van der Waals surface area contributed by atoms with E-state index in [1.165, 1.54) is 11.3 Å². The second kappa shape index (κ2) is 6.89. The third-order valence-corrected chi connectivity index (χ3v) is 3.86. The molecular formula is C14H16ClN3O2S. The molecule has 0 unspecified atom stereocenters. The van der Waals surface area contributed by atoms with E-state index in [2.05, 4.69) is 10.3 Å². The molecule has 1 N–H and O–H groups in total. The summed E-state index contributed by atoms with van der Waals surface area (Å²) in [4.78, 5) is 18.3. The molecule has 2 rings (SSSR count). The van der Waals surface area contributed by atoms with E-state index < -0.39 is 0 Å². The van der Waals surface area contributed by atoms with E-state index in [0.29, 0.717) is 23.0 Å². The Morgan fingerprint density at radius 2 is 2.24 bits per heavy atom. The minimum absolute atomic E-state index is 0.265. The van der Waals surface area contributed by atoms with Crippen LogP contribution < -0.4 is 10.2 Å². The molecule has 0 aliphatic rings. The van der Waals surface area contributed by atoms with Crippen LogP contribution in [-0.2, 0) is 11.3 Å². The fraction of sp³-hybridized carbons (Fsp3) is 0.286. The van der Waals surface area contributed by atoms with E-state index >= 15 is 0 Å². The molecule has 1 aromatic carbocycles. The van der Waals surface area contributed by atoms with Gasteiger partial charge in [-0.1, -0.05) is 17.7 Å². The van der Waals surface area contributed by atoms with E-state index in [1.807, 2.05) is 25.1 Å². The molecule has 0 bridgehead atoms. The Morgan fingerprint density at radius 3 is 2.90 bits per heavy atom. The molecule has 1 aromatic heterocycles. The summed E-state index contributed by atoms with van der Waals surface area (Å²) in [6, 6.07) is 5.38. The fourth-order valence-corrected chi connectivity index (χ4v) is 2.95. The molecule has 0 saturated heterocycles. The average molecular weight is 326 g/mol. The van der Waals surface area contributed by atoms with Crippen molar-refractivity contribution in [2.75, 3.05) is 31.4 Å². The number of anilines is 2.